The first-order valence-corrected chi connectivity index (χ1v) is 6.14. The molecule has 0 aliphatic heterocycles. The van der Waals surface area contributed by atoms with Crippen LogP contribution in [0.15, 0.2) is 6.20 Å². The lowest BCUT2D eigenvalue weighted by atomic mass is 9.83. The zero-order valence-corrected chi connectivity index (χ0v) is 12.2. The Morgan fingerprint density at radius 2 is 1.94 bits per heavy atom. The largest absolute Gasteiger partial charge is 0.427 e. The SMILES string of the molecule is C=c1/c(=C\C)c([B]OC(C)(C)C(C)(C)O)cn1C. The van der Waals surface area contributed by atoms with Gasteiger partial charge >= 0.3 is 7.48 Å². The molecule has 1 aromatic heterocycles. The molecule has 0 atom stereocenters. The highest BCUT2D eigenvalue weighted by molar-refractivity contribution is 6.47. The lowest BCUT2D eigenvalue weighted by Gasteiger charge is -2.37. The molecule has 99 valence electrons. The van der Waals surface area contributed by atoms with Crippen LogP contribution in [-0.2, 0) is 11.7 Å². The van der Waals surface area contributed by atoms with E-state index < -0.39 is 11.2 Å². The molecule has 0 unspecified atom stereocenters. The van der Waals surface area contributed by atoms with Crippen molar-refractivity contribution in [3.8, 4) is 0 Å². The summed E-state index contributed by atoms with van der Waals surface area (Å²) in [7, 11) is 3.65. The van der Waals surface area contributed by atoms with E-state index in [9.17, 15) is 5.11 Å². The summed E-state index contributed by atoms with van der Waals surface area (Å²) >= 11 is 0. The maximum absolute atomic E-state index is 10.0. The van der Waals surface area contributed by atoms with Gasteiger partial charge in [0.15, 0.2) is 0 Å². The van der Waals surface area contributed by atoms with Gasteiger partial charge < -0.3 is 14.3 Å². The van der Waals surface area contributed by atoms with Crippen LogP contribution in [0.2, 0.25) is 0 Å². The maximum atomic E-state index is 10.0. The lowest BCUT2D eigenvalue weighted by molar-refractivity contribution is -0.0893. The van der Waals surface area contributed by atoms with Crippen LogP contribution in [0.1, 0.15) is 34.6 Å². The summed E-state index contributed by atoms with van der Waals surface area (Å²) in [5.41, 5.74) is -0.598. The average Bonchev–Trinajstić information content (AvgIpc) is 2.50. The molecule has 1 aromatic rings. The maximum Gasteiger partial charge on any atom is 0.333 e. The molecule has 0 spiro atoms. The minimum absolute atomic E-state index is 0.658. The van der Waals surface area contributed by atoms with Crippen LogP contribution < -0.4 is 16.0 Å². The Morgan fingerprint density at radius 1 is 1.39 bits per heavy atom. The molecule has 1 heterocycles. The van der Waals surface area contributed by atoms with Crippen molar-refractivity contribution in [2.75, 3.05) is 0 Å². The Labute approximate surface area is 110 Å². The van der Waals surface area contributed by atoms with Crippen molar-refractivity contribution in [2.24, 2.45) is 7.05 Å². The first kappa shape index (κ1) is 15.1. The quantitative estimate of drug-likeness (QED) is 0.764. The van der Waals surface area contributed by atoms with Crippen LogP contribution in [-0.4, -0.2) is 28.4 Å². The summed E-state index contributed by atoms with van der Waals surface area (Å²) in [5.74, 6) is 0. The van der Waals surface area contributed by atoms with Gasteiger partial charge in [-0.2, -0.15) is 0 Å². The fourth-order valence-electron chi connectivity index (χ4n) is 1.49. The van der Waals surface area contributed by atoms with Crippen LogP contribution in [0.3, 0.4) is 0 Å². The highest BCUT2D eigenvalue weighted by atomic mass is 16.5. The summed E-state index contributed by atoms with van der Waals surface area (Å²) in [6.45, 7) is 13.2. The van der Waals surface area contributed by atoms with Crippen molar-refractivity contribution in [1.82, 2.24) is 4.57 Å². The van der Waals surface area contributed by atoms with E-state index >= 15 is 0 Å². The van der Waals surface area contributed by atoms with Gasteiger partial charge in [0.1, 0.15) is 0 Å². The predicted octanol–water partition coefficient (Wildman–Crippen LogP) is 0.0464. The summed E-state index contributed by atoms with van der Waals surface area (Å²) in [5, 5.41) is 12.1. The summed E-state index contributed by atoms with van der Waals surface area (Å²) in [4.78, 5) is 0. The molecule has 0 saturated heterocycles. The Morgan fingerprint density at radius 3 is 2.39 bits per heavy atom. The van der Waals surface area contributed by atoms with Crippen LogP contribution in [0.25, 0.3) is 12.7 Å². The van der Waals surface area contributed by atoms with Crippen molar-refractivity contribution in [2.45, 2.75) is 45.8 Å². The molecule has 3 nitrogen and oxygen atoms in total. The van der Waals surface area contributed by atoms with E-state index in [4.69, 9.17) is 4.65 Å². The Kier molecular flexibility index (Phi) is 4.14. The standard InChI is InChI=1S/C14H23BNO2/c1-8-11-10(2)16(7)9-12(11)15-18-14(5,6)13(3,4)17/h8-9,17H,2H2,1,3-7H3/b11-8+. The molecule has 0 aliphatic rings. The third-order valence-corrected chi connectivity index (χ3v) is 3.62. The second-order valence-electron chi connectivity index (χ2n) is 5.65. The Bertz CT molecular complexity index is 523. The fraction of sp³-hybridized carbons (Fsp3) is 0.571. The first-order valence-electron chi connectivity index (χ1n) is 6.14. The van der Waals surface area contributed by atoms with Crippen molar-refractivity contribution in [1.29, 1.82) is 0 Å². The molecule has 0 amide bonds. The molecule has 4 heteroatoms. The molecule has 0 fully saturated rings. The van der Waals surface area contributed by atoms with Gasteiger partial charge in [-0.3, -0.25) is 0 Å². The highest BCUT2D eigenvalue weighted by Crippen LogP contribution is 2.23. The van der Waals surface area contributed by atoms with E-state index in [1.54, 1.807) is 21.3 Å². The molecule has 0 aromatic carbocycles. The number of aromatic nitrogens is 1. The number of hydrogen-bond donors (Lipinski definition) is 1. The predicted molar refractivity (Wildman–Crippen MR) is 77.2 cm³/mol. The van der Waals surface area contributed by atoms with E-state index in [0.29, 0.717) is 0 Å². The van der Waals surface area contributed by atoms with Gasteiger partial charge in [-0.1, -0.05) is 12.7 Å². The minimum atomic E-state index is -0.915. The van der Waals surface area contributed by atoms with Crippen molar-refractivity contribution in [3.63, 3.8) is 0 Å². The van der Waals surface area contributed by atoms with Crippen molar-refractivity contribution >= 4 is 25.6 Å². The zero-order chi connectivity index (χ0) is 14.1. The molecular formula is C14H23BNO2. The smallest absolute Gasteiger partial charge is 0.333 e. The van der Waals surface area contributed by atoms with Gasteiger partial charge in [0.25, 0.3) is 0 Å². The zero-order valence-electron chi connectivity index (χ0n) is 12.2. The summed E-state index contributed by atoms with van der Waals surface area (Å²) < 4.78 is 7.71. The second-order valence-corrected chi connectivity index (χ2v) is 5.65. The van der Waals surface area contributed by atoms with E-state index in [0.717, 1.165) is 16.0 Å². The highest BCUT2D eigenvalue weighted by Gasteiger charge is 2.35. The Hall–Kier alpha value is -0.995. The molecule has 1 rings (SSSR count). The normalized spacial score (nSPS) is 14.1. The molecule has 1 radical (unpaired) electrons. The number of aryl methyl sites for hydroxylation is 1. The van der Waals surface area contributed by atoms with Gasteiger partial charge in [0.2, 0.25) is 0 Å². The molecule has 18 heavy (non-hydrogen) atoms. The molecule has 0 bridgehead atoms. The van der Waals surface area contributed by atoms with Crippen LogP contribution in [0.5, 0.6) is 0 Å². The van der Waals surface area contributed by atoms with Crippen molar-refractivity contribution in [3.05, 3.63) is 16.8 Å². The van der Waals surface area contributed by atoms with Crippen LogP contribution in [0, 0.1) is 0 Å². The van der Waals surface area contributed by atoms with Crippen LogP contribution in [0.4, 0.5) is 0 Å². The summed E-state index contributed by atoms with van der Waals surface area (Å²) in [6.07, 6.45) is 3.98. The number of rotatable bonds is 4. The van der Waals surface area contributed by atoms with Gasteiger partial charge in [-0.05, 0) is 45.3 Å². The van der Waals surface area contributed by atoms with Gasteiger partial charge in [0, 0.05) is 18.6 Å². The van der Waals surface area contributed by atoms with Gasteiger partial charge in [0.05, 0.1) is 11.2 Å². The third kappa shape index (κ3) is 2.87. The molecule has 1 N–H and O–H groups in total. The number of aliphatic hydroxyl groups is 1. The average molecular weight is 248 g/mol. The third-order valence-electron chi connectivity index (χ3n) is 3.62. The number of nitrogens with zero attached hydrogens (tertiary/aromatic N) is 1. The first-order chi connectivity index (χ1) is 8.10. The molecular weight excluding hydrogens is 225 g/mol. The van der Waals surface area contributed by atoms with Gasteiger partial charge in [-0.25, -0.2) is 0 Å². The van der Waals surface area contributed by atoms with Crippen LogP contribution >= 0.6 is 0 Å². The minimum Gasteiger partial charge on any atom is -0.427 e. The summed E-state index contributed by atoms with van der Waals surface area (Å²) in [6, 6.07) is 0. The van der Waals surface area contributed by atoms with Gasteiger partial charge in [-0.15, -0.1) is 0 Å². The van der Waals surface area contributed by atoms with E-state index in [1.807, 2.05) is 44.7 Å². The Balaban J connectivity index is 2.96. The molecule has 0 aliphatic carbocycles. The lowest BCUT2D eigenvalue weighted by Crippen LogP contribution is -2.50. The van der Waals surface area contributed by atoms with E-state index in [1.165, 1.54) is 0 Å². The fourth-order valence-corrected chi connectivity index (χ4v) is 1.49. The number of hydrogen-bond acceptors (Lipinski definition) is 2. The van der Waals surface area contributed by atoms with E-state index in [2.05, 4.69) is 6.58 Å². The molecule has 0 saturated carbocycles. The van der Waals surface area contributed by atoms with E-state index in [-0.39, 0.29) is 0 Å². The van der Waals surface area contributed by atoms with Crippen molar-refractivity contribution < 1.29 is 9.76 Å². The second kappa shape index (κ2) is 4.94. The topological polar surface area (TPSA) is 34.4 Å². The monoisotopic (exact) mass is 248 g/mol.